The zero-order valence-electron chi connectivity index (χ0n) is 5.32. The number of carboxylic acid groups (broad SMARTS) is 1. The largest absolute Gasteiger partial charge is 0.502 e. The Kier molecular flexibility index (Phi) is 3.98. The maximum atomic E-state index is 10.0. The highest BCUT2D eigenvalue weighted by molar-refractivity contribution is 6.66. The Morgan fingerprint density at radius 2 is 1.82 bits per heavy atom. The number of hydrogen-bond donors (Lipinski definition) is 2. The Morgan fingerprint density at radius 1 is 1.27 bits per heavy atom. The topological polar surface area (TPSA) is 74.6 Å². The molecule has 0 aliphatic heterocycles. The fourth-order valence-corrected chi connectivity index (χ4v) is 0.359. The number of rotatable bonds is 3. The summed E-state index contributed by atoms with van der Waals surface area (Å²) in [5.74, 6) is -2.31. The van der Waals surface area contributed by atoms with Gasteiger partial charge in [0.25, 0.3) is 0 Å². The van der Waals surface area contributed by atoms with Crippen LogP contribution in [0.2, 0.25) is 0 Å². The van der Waals surface area contributed by atoms with Crippen molar-refractivity contribution < 1.29 is 19.8 Å². The molecule has 5 heteroatoms. The van der Waals surface area contributed by atoms with Crippen molar-refractivity contribution in [2.75, 3.05) is 0 Å². The molecule has 0 aliphatic carbocycles. The summed E-state index contributed by atoms with van der Waals surface area (Å²) in [6, 6.07) is 0. The number of hydrogen-bond acceptors (Lipinski definition) is 3. The van der Waals surface area contributed by atoms with Crippen LogP contribution in [0.1, 0.15) is 0 Å². The average Bonchev–Trinajstić information content (AvgIpc) is 1.86. The Labute approximate surface area is 67.4 Å². The molecule has 0 saturated heterocycles. The van der Waals surface area contributed by atoms with Gasteiger partial charge in [-0.3, -0.25) is 4.79 Å². The number of carboxylic acids is 1. The molecule has 0 aromatic carbocycles. The maximum absolute atomic E-state index is 10.0. The van der Waals surface area contributed by atoms with Crippen LogP contribution < -0.4 is 0 Å². The second-order valence-electron chi connectivity index (χ2n) is 1.52. The molecule has 0 atom stereocenters. The first-order valence-electron chi connectivity index (χ1n) is 2.54. The molecule has 0 rings (SSSR count). The lowest BCUT2D eigenvalue weighted by atomic mass is 10.4. The second kappa shape index (κ2) is 4.51. The summed E-state index contributed by atoms with van der Waals surface area (Å²) in [6.45, 7) is 0. The summed E-state index contributed by atoms with van der Waals surface area (Å²) in [5.41, 5.74) is 0. The fraction of sp³-hybridized carbons (Fsp3) is 0. The van der Waals surface area contributed by atoms with E-state index in [1.807, 2.05) is 0 Å². The monoisotopic (exact) mass is 176 g/mol. The minimum Gasteiger partial charge on any atom is -0.502 e. The van der Waals surface area contributed by atoms with Gasteiger partial charge in [-0.1, -0.05) is 6.08 Å². The lowest BCUT2D eigenvalue weighted by molar-refractivity contribution is -0.135. The van der Waals surface area contributed by atoms with Gasteiger partial charge in [-0.05, 0) is 23.8 Å². The second-order valence-corrected chi connectivity index (χ2v) is 1.89. The fourth-order valence-electron chi connectivity index (χ4n) is 0.286. The number of carbonyl (C=O) groups excluding carboxylic acids is 1. The third kappa shape index (κ3) is 5.17. The smallest absolute Gasteiger partial charge is 0.370 e. The third-order valence-corrected chi connectivity index (χ3v) is 0.826. The van der Waals surface area contributed by atoms with Gasteiger partial charge in [0, 0.05) is 0 Å². The summed E-state index contributed by atoms with van der Waals surface area (Å²) in [4.78, 5) is 19.9. The van der Waals surface area contributed by atoms with Gasteiger partial charge in [0.1, 0.15) is 0 Å². The van der Waals surface area contributed by atoms with E-state index < -0.39 is 17.0 Å². The van der Waals surface area contributed by atoms with Crippen LogP contribution in [-0.4, -0.2) is 21.4 Å². The van der Waals surface area contributed by atoms with Crippen molar-refractivity contribution in [1.29, 1.82) is 0 Å². The van der Waals surface area contributed by atoms with Crippen LogP contribution in [0.4, 0.5) is 0 Å². The molecule has 0 aromatic heterocycles. The Balaban J connectivity index is 4.13. The summed E-state index contributed by atoms with van der Waals surface area (Å²) in [6.07, 6.45) is 2.81. The molecule has 0 aliphatic rings. The van der Waals surface area contributed by atoms with Crippen LogP contribution in [-0.2, 0) is 9.59 Å². The molecular weight excluding hydrogens is 172 g/mol. The van der Waals surface area contributed by atoms with E-state index in [1.165, 1.54) is 0 Å². The van der Waals surface area contributed by atoms with Gasteiger partial charge in [0.05, 0.1) is 0 Å². The highest BCUT2D eigenvalue weighted by Crippen LogP contribution is 1.90. The van der Waals surface area contributed by atoms with Gasteiger partial charge in [0.15, 0.2) is 0 Å². The van der Waals surface area contributed by atoms with E-state index >= 15 is 0 Å². The minimum atomic E-state index is -1.46. The molecule has 60 valence electrons. The Morgan fingerprint density at radius 3 is 2.18 bits per heavy atom. The standard InChI is InChI=1S/C6H5ClO4/c7-5(9)3-1-2-4(8)6(10)11/h1-3,8H,(H,10,11)/b3-1+,4-2-. The van der Waals surface area contributed by atoms with Crippen LogP contribution in [0, 0.1) is 0 Å². The quantitative estimate of drug-likeness (QED) is 0.289. The van der Waals surface area contributed by atoms with Crippen molar-refractivity contribution in [2.24, 2.45) is 0 Å². The SMILES string of the molecule is O=C(Cl)/C=C/C=C(\O)C(=O)O. The molecule has 11 heavy (non-hydrogen) atoms. The summed E-state index contributed by atoms with van der Waals surface area (Å²) in [5, 5.41) is 15.8. The number of halogens is 1. The van der Waals surface area contributed by atoms with Crippen molar-refractivity contribution >= 4 is 22.8 Å². The van der Waals surface area contributed by atoms with Crippen molar-refractivity contribution in [1.82, 2.24) is 0 Å². The van der Waals surface area contributed by atoms with Crippen molar-refractivity contribution in [3.63, 3.8) is 0 Å². The molecule has 0 amide bonds. The number of aliphatic hydroxyl groups is 1. The van der Waals surface area contributed by atoms with Gasteiger partial charge in [-0.25, -0.2) is 4.79 Å². The van der Waals surface area contributed by atoms with E-state index in [1.54, 1.807) is 0 Å². The molecule has 0 bridgehead atoms. The van der Waals surface area contributed by atoms with Crippen molar-refractivity contribution in [3.05, 3.63) is 24.0 Å². The van der Waals surface area contributed by atoms with Gasteiger partial charge in [0.2, 0.25) is 11.0 Å². The number of carbonyl (C=O) groups is 2. The maximum Gasteiger partial charge on any atom is 0.370 e. The number of aliphatic carboxylic acids is 1. The molecule has 0 fully saturated rings. The van der Waals surface area contributed by atoms with E-state index in [2.05, 4.69) is 0 Å². The summed E-state index contributed by atoms with van der Waals surface area (Å²) in [7, 11) is 0. The zero-order chi connectivity index (χ0) is 8.85. The first-order valence-corrected chi connectivity index (χ1v) is 2.92. The molecule has 0 saturated carbocycles. The molecular formula is C6H5ClO4. The molecule has 2 N–H and O–H groups in total. The highest BCUT2D eigenvalue weighted by Gasteiger charge is 1.99. The van der Waals surface area contributed by atoms with Crippen LogP contribution in [0.3, 0.4) is 0 Å². The Bertz CT molecular complexity index is 229. The molecule has 4 nitrogen and oxygen atoms in total. The molecule has 0 radical (unpaired) electrons. The number of allylic oxidation sites excluding steroid dienone is 3. The summed E-state index contributed by atoms with van der Waals surface area (Å²) >= 11 is 4.86. The molecule has 0 heterocycles. The lowest BCUT2D eigenvalue weighted by Crippen LogP contribution is -1.97. The van der Waals surface area contributed by atoms with Crippen molar-refractivity contribution in [2.45, 2.75) is 0 Å². The third-order valence-electron chi connectivity index (χ3n) is 0.700. The minimum absolute atomic E-state index is 0.737. The van der Waals surface area contributed by atoms with Crippen LogP contribution in [0.5, 0.6) is 0 Å². The lowest BCUT2D eigenvalue weighted by Gasteiger charge is -1.85. The van der Waals surface area contributed by atoms with Crippen LogP contribution in [0.25, 0.3) is 0 Å². The van der Waals surface area contributed by atoms with Gasteiger partial charge in [-0.2, -0.15) is 0 Å². The highest BCUT2D eigenvalue weighted by atomic mass is 35.5. The zero-order valence-corrected chi connectivity index (χ0v) is 6.08. The molecule has 0 aromatic rings. The van der Waals surface area contributed by atoms with E-state index in [4.69, 9.17) is 21.8 Å². The Hall–Kier alpha value is -1.29. The van der Waals surface area contributed by atoms with E-state index in [0.717, 1.165) is 18.2 Å². The normalized spacial score (nSPS) is 11.9. The van der Waals surface area contributed by atoms with Crippen LogP contribution >= 0.6 is 11.6 Å². The number of aliphatic hydroxyl groups excluding tert-OH is 1. The first-order chi connectivity index (χ1) is 5.04. The van der Waals surface area contributed by atoms with E-state index in [0.29, 0.717) is 0 Å². The van der Waals surface area contributed by atoms with Crippen LogP contribution in [0.15, 0.2) is 24.0 Å². The van der Waals surface area contributed by atoms with E-state index in [9.17, 15) is 9.59 Å². The van der Waals surface area contributed by atoms with E-state index in [-0.39, 0.29) is 0 Å². The molecule has 0 spiro atoms. The first kappa shape index (κ1) is 9.71. The van der Waals surface area contributed by atoms with Gasteiger partial charge < -0.3 is 10.2 Å². The predicted octanol–water partition coefficient (Wildman–Crippen LogP) is 0.835. The van der Waals surface area contributed by atoms with Gasteiger partial charge >= 0.3 is 5.97 Å². The van der Waals surface area contributed by atoms with Gasteiger partial charge in [-0.15, -0.1) is 0 Å². The predicted molar refractivity (Wildman–Crippen MR) is 38.3 cm³/mol. The average molecular weight is 177 g/mol. The van der Waals surface area contributed by atoms with Crippen molar-refractivity contribution in [3.8, 4) is 0 Å². The molecule has 0 unspecified atom stereocenters. The summed E-state index contributed by atoms with van der Waals surface area (Å²) < 4.78 is 0.